The maximum Gasteiger partial charge on any atom is 0.338 e. The number of nitrogens with one attached hydrogen (secondary N) is 2. The van der Waals surface area contributed by atoms with Crippen molar-refractivity contribution < 1.29 is 9.59 Å². The number of amides is 3. The van der Waals surface area contributed by atoms with Crippen LogP contribution in [0.15, 0.2) is 36.4 Å². The van der Waals surface area contributed by atoms with E-state index < -0.39 is 17.5 Å². The molecule has 0 fully saturated rings. The van der Waals surface area contributed by atoms with Gasteiger partial charge in [0.05, 0.1) is 16.2 Å². The molecule has 0 unspecified atom stereocenters. The Hall–Kier alpha value is -1.66. The smallest absolute Gasteiger partial charge is 0.305 e. The Kier molecular flexibility index (Phi) is 6.87. The first-order valence-electron chi connectivity index (χ1n) is 7.81. The Labute approximate surface area is 177 Å². The average Bonchev–Trinajstić information content (AvgIpc) is 2.53. The third-order valence-electron chi connectivity index (χ3n) is 3.37. The fraction of sp³-hybridized carbons (Fsp3) is 0.222. The van der Waals surface area contributed by atoms with Crippen LogP contribution in [0.25, 0.3) is 0 Å². The number of hydrogen-bond acceptors (Lipinski definition) is 2. The molecule has 0 aliphatic heterocycles. The van der Waals surface area contributed by atoms with Crippen LogP contribution < -0.4 is 10.7 Å². The first-order chi connectivity index (χ1) is 12.5. The molecular weight excluding hydrogens is 432 g/mol. The van der Waals surface area contributed by atoms with Gasteiger partial charge >= 0.3 is 6.03 Å². The van der Waals surface area contributed by atoms with Crippen molar-refractivity contribution >= 4 is 64.0 Å². The lowest BCUT2D eigenvalue weighted by Crippen LogP contribution is -2.56. The number of benzene rings is 2. The van der Waals surface area contributed by atoms with Gasteiger partial charge < -0.3 is 5.32 Å². The highest BCUT2D eigenvalue weighted by Crippen LogP contribution is 2.26. The van der Waals surface area contributed by atoms with Crippen molar-refractivity contribution in [1.29, 1.82) is 0 Å². The number of hydrazine groups is 1. The topological polar surface area (TPSA) is 61.4 Å². The molecule has 0 aliphatic rings. The predicted octanol–water partition coefficient (Wildman–Crippen LogP) is 6.28. The van der Waals surface area contributed by atoms with Crippen LogP contribution >= 0.6 is 46.4 Å². The lowest BCUT2D eigenvalue weighted by Gasteiger charge is -2.35. The highest BCUT2D eigenvalue weighted by molar-refractivity contribution is 6.36. The molecule has 0 heterocycles. The lowest BCUT2D eigenvalue weighted by molar-refractivity contribution is 0.0460. The van der Waals surface area contributed by atoms with E-state index in [1.54, 1.807) is 32.9 Å². The fourth-order valence-corrected chi connectivity index (χ4v) is 3.04. The summed E-state index contributed by atoms with van der Waals surface area (Å²) in [5, 5.41) is 5.10. The molecule has 0 radical (unpaired) electrons. The number of halogens is 4. The van der Waals surface area contributed by atoms with Gasteiger partial charge in [-0.1, -0.05) is 46.4 Å². The number of urea groups is 1. The Morgan fingerprint density at radius 3 is 2.04 bits per heavy atom. The lowest BCUT2D eigenvalue weighted by atomic mass is 10.1. The summed E-state index contributed by atoms with van der Waals surface area (Å²) in [6.07, 6.45) is 0. The molecule has 5 nitrogen and oxygen atoms in total. The van der Waals surface area contributed by atoms with Gasteiger partial charge in [0.25, 0.3) is 5.91 Å². The number of carbonyl (C=O) groups is 2. The molecular formula is C18H17Cl4N3O2. The van der Waals surface area contributed by atoms with Crippen LogP contribution in [0.5, 0.6) is 0 Å². The molecule has 0 aliphatic carbocycles. The zero-order valence-electron chi connectivity index (χ0n) is 14.7. The summed E-state index contributed by atoms with van der Waals surface area (Å²) < 4.78 is 0. The number of hydrogen-bond donors (Lipinski definition) is 2. The second-order valence-corrected chi connectivity index (χ2v) is 8.38. The van der Waals surface area contributed by atoms with Crippen molar-refractivity contribution in [2.24, 2.45) is 0 Å². The van der Waals surface area contributed by atoms with E-state index in [2.05, 4.69) is 10.7 Å². The molecule has 2 N–H and O–H groups in total. The molecule has 2 rings (SSSR count). The van der Waals surface area contributed by atoms with E-state index in [9.17, 15) is 9.59 Å². The third-order valence-corrected chi connectivity index (χ3v) is 4.37. The van der Waals surface area contributed by atoms with Crippen LogP contribution in [-0.2, 0) is 0 Å². The molecule has 0 saturated heterocycles. The first-order valence-corrected chi connectivity index (χ1v) is 9.32. The highest BCUT2D eigenvalue weighted by Gasteiger charge is 2.30. The van der Waals surface area contributed by atoms with Gasteiger partial charge in [0.2, 0.25) is 0 Å². The fourth-order valence-electron chi connectivity index (χ4n) is 2.17. The molecule has 0 atom stereocenters. The minimum atomic E-state index is -0.735. The second-order valence-electron chi connectivity index (χ2n) is 6.66. The van der Waals surface area contributed by atoms with E-state index in [1.165, 1.54) is 29.3 Å². The quantitative estimate of drug-likeness (QED) is 0.531. The number of nitrogens with zero attached hydrogens (tertiary/aromatic N) is 1. The van der Waals surface area contributed by atoms with E-state index >= 15 is 0 Å². The number of anilines is 1. The summed E-state index contributed by atoms with van der Waals surface area (Å²) in [7, 11) is 0. The van der Waals surface area contributed by atoms with E-state index in [0.717, 1.165) is 0 Å². The maximum atomic E-state index is 12.9. The molecule has 0 spiro atoms. The highest BCUT2D eigenvalue weighted by atomic mass is 35.5. The van der Waals surface area contributed by atoms with Gasteiger partial charge in [-0.15, -0.1) is 0 Å². The SMILES string of the molecule is CC(C)(C)N(NC(=O)Nc1cc(Cl)ccc1Cl)C(=O)c1cc(Cl)cc(Cl)c1. The summed E-state index contributed by atoms with van der Waals surface area (Å²) in [6.45, 7) is 5.30. The van der Waals surface area contributed by atoms with Crippen LogP contribution in [0.2, 0.25) is 20.1 Å². The van der Waals surface area contributed by atoms with Gasteiger partial charge in [0, 0.05) is 20.6 Å². The summed E-state index contributed by atoms with van der Waals surface area (Å²) in [4.78, 5) is 25.4. The largest absolute Gasteiger partial charge is 0.338 e. The summed E-state index contributed by atoms with van der Waals surface area (Å²) in [6, 6.07) is 8.47. The summed E-state index contributed by atoms with van der Waals surface area (Å²) >= 11 is 23.9. The molecule has 0 saturated carbocycles. The normalized spacial score (nSPS) is 11.1. The van der Waals surface area contributed by atoms with Crippen molar-refractivity contribution in [3.8, 4) is 0 Å². The van der Waals surface area contributed by atoms with Crippen LogP contribution in [0.3, 0.4) is 0 Å². The van der Waals surface area contributed by atoms with E-state index in [4.69, 9.17) is 46.4 Å². The molecule has 9 heteroatoms. The minimum Gasteiger partial charge on any atom is -0.305 e. The van der Waals surface area contributed by atoms with E-state index in [1.807, 2.05) is 0 Å². The van der Waals surface area contributed by atoms with Crippen molar-refractivity contribution in [2.45, 2.75) is 26.3 Å². The molecule has 0 aromatic heterocycles. The van der Waals surface area contributed by atoms with Gasteiger partial charge in [-0.3, -0.25) is 4.79 Å². The number of rotatable bonds is 2. The summed E-state index contributed by atoms with van der Waals surface area (Å²) in [5.74, 6) is -0.473. The van der Waals surface area contributed by atoms with Crippen LogP contribution in [-0.4, -0.2) is 22.5 Å². The Morgan fingerprint density at radius 1 is 0.889 bits per heavy atom. The standard InChI is InChI=1S/C18H17Cl4N3O2/c1-18(2,3)25(16(26)10-6-12(20)8-13(21)7-10)24-17(27)23-15-9-11(19)4-5-14(15)22/h4-9H,1-3H3,(H2,23,24,27). The first kappa shape index (κ1) is 21.6. The Balaban J connectivity index is 2.25. The summed E-state index contributed by atoms with van der Waals surface area (Å²) in [5.41, 5.74) is 2.35. The second kappa shape index (κ2) is 8.57. The molecule has 27 heavy (non-hydrogen) atoms. The monoisotopic (exact) mass is 447 g/mol. The average molecular weight is 449 g/mol. The predicted molar refractivity (Wildman–Crippen MR) is 111 cm³/mol. The van der Waals surface area contributed by atoms with E-state index in [-0.39, 0.29) is 5.56 Å². The Bertz CT molecular complexity index is 861. The zero-order valence-corrected chi connectivity index (χ0v) is 17.8. The molecule has 2 aromatic carbocycles. The Morgan fingerprint density at radius 2 is 1.48 bits per heavy atom. The van der Waals surface area contributed by atoms with Gasteiger partial charge in [-0.2, -0.15) is 0 Å². The van der Waals surface area contributed by atoms with Gasteiger partial charge in [0.1, 0.15) is 0 Å². The van der Waals surface area contributed by atoms with Gasteiger partial charge in [0.15, 0.2) is 0 Å². The van der Waals surface area contributed by atoms with Crippen molar-refractivity contribution in [3.63, 3.8) is 0 Å². The van der Waals surface area contributed by atoms with Crippen molar-refractivity contribution in [3.05, 3.63) is 62.1 Å². The maximum absolute atomic E-state index is 12.9. The molecule has 0 bridgehead atoms. The number of carbonyl (C=O) groups excluding carboxylic acids is 2. The van der Waals surface area contributed by atoms with E-state index in [0.29, 0.717) is 25.8 Å². The van der Waals surface area contributed by atoms with Crippen LogP contribution in [0, 0.1) is 0 Å². The molecule has 2 aromatic rings. The van der Waals surface area contributed by atoms with Crippen LogP contribution in [0.1, 0.15) is 31.1 Å². The van der Waals surface area contributed by atoms with Crippen LogP contribution in [0.4, 0.5) is 10.5 Å². The van der Waals surface area contributed by atoms with Crippen molar-refractivity contribution in [2.75, 3.05) is 5.32 Å². The zero-order chi connectivity index (χ0) is 20.4. The third kappa shape index (κ3) is 5.91. The molecule has 3 amide bonds. The van der Waals surface area contributed by atoms with Gasteiger partial charge in [-0.25, -0.2) is 15.2 Å². The molecule has 144 valence electrons. The van der Waals surface area contributed by atoms with Gasteiger partial charge in [-0.05, 0) is 57.2 Å². The minimum absolute atomic E-state index is 0.239. The van der Waals surface area contributed by atoms with Crippen molar-refractivity contribution in [1.82, 2.24) is 10.4 Å².